The fourth-order valence-corrected chi connectivity index (χ4v) is 4.03. The average Bonchev–Trinajstić information content (AvgIpc) is 3.14. The topological polar surface area (TPSA) is 67.2 Å². The van der Waals surface area contributed by atoms with Gasteiger partial charge in [0.15, 0.2) is 0 Å². The second kappa shape index (κ2) is 7.43. The summed E-state index contributed by atoms with van der Waals surface area (Å²) < 4.78 is 1.95. The summed E-state index contributed by atoms with van der Waals surface area (Å²) in [6, 6.07) is 1.99. The zero-order valence-corrected chi connectivity index (χ0v) is 15.3. The van der Waals surface area contributed by atoms with Gasteiger partial charge in [-0.1, -0.05) is 19.3 Å². The molecule has 7 heteroatoms. The highest BCUT2D eigenvalue weighted by molar-refractivity contribution is 5.79. The SMILES string of the molecule is Cc1nccn1-c1cc(N2CCN(C(=O)C3CCCCC3)CC2)ncn1. The van der Waals surface area contributed by atoms with Crippen molar-refractivity contribution < 1.29 is 4.79 Å². The number of carbonyl (C=O) groups excluding carboxylic acids is 1. The fraction of sp³-hybridized carbons (Fsp3) is 0.579. The van der Waals surface area contributed by atoms with E-state index in [4.69, 9.17) is 0 Å². The number of aryl methyl sites for hydroxylation is 1. The van der Waals surface area contributed by atoms with Gasteiger partial charge in [0.2, 0.25) is 5.91 Å². The van der Waals surface area contributed by atoms with Gasteiger partial charge in [0.05, 0.1) is 0 Å². The van der Waals surface area contributed by atoms with Crippen LogP contribution in [0.15, 0.2) is 24.8 Å². The number of rotatable bonds is 3. The number of hydrogen-bond acceptors (Lipinski definition) is 5. The van der Waals surface area contributed by atoms with Crippen molar-refractivity contribution >= 4 is 11.7 Å². The van der Waals surface area contributed by atoms with Gasteiger partial charge in [0.1, 0.15) is 23.8 Å². The lowest BCUT2D eigenvalue weighted by molar-refractivity contribution is -0.136. The normalized spacial score (nSPS) is 19.0. The van der Waals surface area contributed by atoms with Crippen molar-refractivity contribution in [3.63, 3.8) is 0 Å². The van der Waals surface area contributed by atoms with Crippen molar-refractivity contribution in [2.24, 2.45) is 5.92 Å². The van der Waals surface area contributed by atoms with Crippen LogP contribution in [0, 0.1) is 12.8 Å². The van der Waals surface area contributed by atoms with Crippen LogP contribution in [0.3, 0.4) is 0 Å². The molecule has 0 radical (unpaired) electrons. The van der Waals surface area contributed by atoms with Crippen LogP contribution in [0.5, 0.6) is 0 Å². The van der Waals surface area contributed by atoms with Gasteiger partial charge >= 0.3 is 0 Å². The molecule has 0 spiro atoms. The van der Waals surface area contributed by atoms with E-state index in [1.807, 2.05) is 23.8 Å². The van der Waals surface area contributed by atoms with Crippen LogP contribution >= 0.6 is 0 Å². The highest BCUT2D eigenvalue weighted by Gasteiger charge is 2.28. The minimum Gasteiger partial charge on any atom is -0.353 e. The van der Waals surface area contributed by atoms with Crippen molar-refractivity contribution in [3.05, 3.63) is 30.6 Å². The van der Waals surface area contributed by atoms with E-state index >= 15 is 0 Å². The first kappa shape index (κ1) is 17.0. The Bertz CT molecular complexity index is 759. The van der Waals surface area contributed by atoms with Crippen LogP contribution in [-0.4, -0.2) is 56.5 Å². The summed E-state index contributed by atoms with van der Waals surface area (Å²) in [6.45, 7) is 5.14. The summed E-state index contributed by atoms with van der Waals surface area (Å²) in [4.78, 5) is 30.1. The van der Waals surface area contributed by atoms with E-state index in [-0.39, 0.29) is 5.92 Å². The van der Waals surface area contributed by atoms with Gasteiger partial charge in [-0.3, -0.25) is 9.36 Å². The summed E-state index contributed by atoms with van der Waals surface area (Å²) in [5, 5.41) is 0. The van der Waals surface area contributed by atoms with Crippen LogP contribution in [0.2, 0.25) is 0 Å². The molecule has 1 saturated heterocycles. The molecule has 2 aromatic rings. The predicted molar refractivity (Wildman–Crippen MR) is 99.3 cm³/mol. The summed E-state index contributed by atoms with van der Waals surface area (Å²) in [7, 11) is 0. The third-order valence-electron chi connectivity index (χ3n) is 5.58. The lowest BCUT2D eigenvalue weighted by Crippen LogP contribution is -2.50. The monoisotopic (exact) mass is 354 g/mol. The molecule has 2 aromatic heterocycles. The highest BCUT2D eigenvalue weighted by atomic mass is 16.2. The Hall–Kier alpha value is -2.44. The third-order valence-corrected chi connectivity index (χ3v) is 5.58. The summed E-state index contributed by atoms with van der Waals surface area (Å²) in [5.41, 5.74) is 0. The van der Waals surface area contributed by atoms with Crippen molar-refractivity contribution in [3.8, 4) is 5.82 Å². The lowest BCUT2D eigenvalue weighted by Gasteiger charge is -2.37. The zero-order valence-electron chi connectivity index (χ0n) is 15.3. The fourth-order valence-electron chi connectivity index (χ4n) is 4.03. The molecule has 0 atom stereocenters. The summed E-state index contributed by atoms with van der Waals surface area (Å²) in [5.74, 6) is 3.25. The minimum atomic E-state index is 0.255. The van der Waals surface area contributed by atoms with E-state index in [0.29, 0.717) is 5.91 Å². The van der Waals surface area contributed by atoms with E-state index in [1.165, 1.54) is 19.3 Å². The molecule has 1 amide bonds. The largest absolute Gasteiger partial charge is 0.353 e. The van der Waals surface area contributed by atoms with E-state index in [0.717, 1.165) is 56.5 Å². The molecule has 2 fully saturated rings. The van der Waals surface area contributed by atoms with Crippen LogP contribution in [0.4, 0.5) is 5.82 Å². The highest BCUT2D eigenvalue weighted by Crippen LogP contribution is 2.26. The Labute approximate surface area is 154 Å². The molecule has 4 rings (SSSR count). The number of hydrogen-bond donors (Lipinski definition) is 0. The molecule has 0 bridgehead atoms. The van der Waals surface area contributed by atoms with Crippen LogP contribution in [0.25, 0.3) is 5.82 Å². The van der Waals surface area contributed by atoms with Crippen LogP contribution < -0.4 is 4.90 Å². The Balaban J connectivity index is 1.40. The van der Waals surface area contributed by atoms with E-state index in [9.17, 15) is 4.79 Å². The molecule has 7 nitrogen and oxygen atoms in total. The number of piperazine rings is 1. The second-order valence-electron chi connectivity index (χ2n) is 7.23. The molecule has 1 saturated carbocycles. The van der Waals surface area contributed by atoms with Crippen molar-refractivity contribution in [1.29, 1.82) is 0 Å². The summed E-state index contributed by atoms with van der Waals surface area (Å²) in [6.07, 6.45) is 11.1. The maximum absolute atomic E-state index is 12.7. The lowest BCUT2D eigenvalue weighted by atomic mass is 9.88. The second-order valence-corrected chi connectivity index (χ2v) is 7.23. The molecule has 26 heavy (non-hydrogen) atoms. The maximum atomic E-state index is 12.7. The first-order chi connectivity index (χ1) is 12.7. The molecule has 0 aromatic carbocycles. The molecule has 0 N–H and O–H groups in total. The molecular weight excluding hydrogens is 328 g/mol. The van der Waals surface area contributed by atoms with Gasteiger partial charge in [0, 0.05) is 50.6 Å². The average molecular weight is 354 g/mol. The van der Waals surface area contributed by atoms with Crippen LogP contribution in [0.1, 0.15) is 37.9 Å². The van der Waals surface area contributed by atoms with Gasteiger partial charge in [-0.15, -0.1) is 0 Å². The number of amides is 1. The quantitative estimate of drug-likeness (QED) is 0.845. The number of nitrogens with zero attached hydrogens (tertiary/aromatic N) is 6. The van der Waals surface area contributed by atoms with Gasteiger partial charge < -0.3 is 9.80 Å². The van der Waals surface area contributed by atoms with Crippen molar-refractivity contribution in [1.82, 2.24) is 24.4 Å². The smallest absolute Gasteiger partial charge is 0.225 e. The molecular formula is C19H26N6O. The molecule has 2 aliphatic rings. The number of aromatic nitrogens is 4. The first-order valence-corrected chi connectivity index (χ1v) is 9.58. The Kier molecular flexibility index (Phi) is 4.86. The molecule has 3 heterocycles. The van der Waals surface area contributed by atoms with Crippen molar-refractivity contribution in [2.45, 2.75) is 39.0 Å². The van der Waals surface area contributed by atoms with Crippen molar-refractivity contribution in [2.75, 3.05) is 31.1 Å². The molecule has 138 valence electrons. The van der Waals surface area contributed by atoms with E-state index in [2.05, 4.69) is 24.8 Å². The Morgan fingerprint density at radius 2 is 1.73 bits per heavy atom. The predicted octanol–water partition coefficient (Wildman–Crippen LogP) is 2.20. The van der Waals surface area contributed by atoms with Gasteiger partial charge in [-0.2, -0.15) is 0 Å². The molecule has 1 aliphatic carbocycles. The van der Waals surface area contributed by atoms with Gasteiger partial charge in [-0.05, 0) is 19.8 Å². The third kappa shape index (κ3) is 3.43. The maximum Gasteiger partial charge on any atom is 0.225 e. The zero-order chi connectivity index (χ0) is 17.9. The van der Waals surface area contributed by atoms with E-state index in [1.54, 1.807) is 12.5 Å². The van der Waals surface area contributed by atoms with E-state index < -0.39 is 0 Å². The number of anilines is 1. The standard InChI is InChI=1S/C19H26N6O/c1-15-20-7-8-25(15)18-13-17(21-14-22-18)23-9-11-24(12-10-23)19(26)16-5-3-2-4-6-16/h7-8,13-14,16H,2-6,9-12H2,1H3. The Morgan fingerprint density at radius 1 is 1.00 bits per heavy atom. The number of carbonyl (C=O) groups is 1. The van der Waals surface area contributed by atoms with Gasteiger partial charge in [-0.25, -0.2) is 15.0 Å². The Morgan fingerprint density at radius 3 is 2.42 bits per heavy atom. The first-order valence-electron chi connectivity index (χ1n) is 9.58. The minimum absolute atomic E-state index is 0.255. The molecule has 0 unspecified atom stereocenters. The van der Waals surface area contributed by atoms with Gasteiger partial charge in [0.25, 0.3) is 0 Å². The number of imidazole rings is 1. The molecule has 1 aliphatic heterocycles. The summed E-state index contributed by atoms with van der Waals surface area (Å²) >= 11 is 0. The van der Waals surface area contributed by atoms with Crippen LogP contribution in [-0.2, 0) is 4.79 Å².